The predicted octanol–water partition coefficient (Wildman–Crippen LogP) is 3.31. The number of aromatic nitrogens is 4. The van der Waals surface area contributed by atoms with E-state index in [1.807, 2.05) is 35.6 Å². The van der Waals surface area contributed by atoms with Crippen molar-refractivity contribution in [3.8, 4) is 0 Å². The minimum atomic E-state index is 0.102. The fourth-order valence-electron chi connectivity index (χ4n) is 4.01. The van der Waals surface area contributed by atoms with Crippen molar-refractivity contribution in [2.75, 3.05) is 13.1 Å². The van der Waals surface area contributed by atoms with Crippen LogP contribution < -0.4 is 0 Å². The van der Waals surface area contributed by atoms with Crippen LogP contribution in [0.2, 0.25) is 0 Å². The van der Waals surface area contributed by atoms with E-state index in [1.165, 1.54) is 5.56 Å². The number of amides is 1. The summed E-state index contributed by atoms with van der Waals surface area (Å²) in [6, 6.07) is 6.03. The number of pyridine rings is 1. The van der Waals surface area contributed by atoms with Crippen LogP contribution in [0.4, 0.5) is 0 Å². The molecule has 27 heavy (non-hydrogen) atoms. The number of hydrogen-bond acceptors (Lipinski definition) is 4. The van der Waals surface area contributed by atoms with E-state index in [9.17, 15) is 4.79 Å². The highest BCUT2D eigenvalue weighted by Gasteiger charge is 2.28. The maximum Gasteiger partial charge on any atom is 0.254 e. The van der Waals surface area contributed by atoms with Crippen LogP contribution in [0.3, 0.4) is 0 Å². The van der Waals surface area contributed by atoms with Crippen LogP contribution in [0.25, 0.3) is 10.9 Å². The topological polar surface area (TPSA) is 63.9 Å². The first-order valence-corrected chi connectivity index (χ1v) is 9.46. The molecule has 6 heteroatoms. The van der Waals surface area contributed by atoms with Crippen LogP contribution in [0.1, 0.15) is 51.8 Å². The Bertz CT molecular complexity index is 1010. The van der Waals surface area contributed by atoms with E-state index in [-0.39, 0.29) is 5.91 Å². The van der Waals surface area contributed by atoms with Gasteiger partial charge in [0.2, 0.25) is 0 Å². The number of hydrogen-bond donors (Lipinski definition) is 0. The first-order valence-electron chi connectivity index (χ1n) is 9.46. The van der Waals surface area contributed by atoms with E-state index >= 15 is 0 Å². The van der Waals surface area contributed by atoms with Gasteiger partial charge in [-0.15, -0.1) is 10.2 Å². The molecule has 1 amide bonds. The highest BCUT2D eigenvalue weighted by atomic mass is 16.2. The first-order chi connectivity index (χ1) is 13.0. The molecule has 140 valence electrons. The molecule has 3 heterocycles. The molecule has 3 aromatic rings. The fraction of sp³-hybridized carbons (Fsp3) is 0.429. The Hall–Kier alpha value is -2.76. The SMILES string of the molecule is Cc1cc(C(=O)N2CCC(c3nncn3C)CC2)c2ccc(C)c(C)c2n1. The summed E-state index contributed by atoms with van der Waals surface area (Å²) in [7, 11) is 1.98. The average Bonchev–Trinajstić information content (AvgIpc) is 3.10. The molecule has 0 saturated carbocycles. The third-order valence-electron chi connectivity index (χ3n) is 5.76. The lowest BCUT2D eigenvalue weighted by molar-refractivity contribution is 0.0712. The van der Waals surface area contributed by atoms with Gasteiger partial charge in [-0.25, -0.2) is 0 Å². The van der Waals surface area contributed by atoms with Crippen LogP contribution >= 0.6 is 0 Å². The van der Waals surface area contributed by atoms with E-state index in [2.05, 4.69) is 30.1 Å². The Morgan fingerprint density at radius 1 is 1.15 bits per heavy atom. The average molecular weight is 363 g/mol. The lowest BCUT2D eigenvalue weighted by atomic mass is 9.94. The number of carbonyl (C=O) groups is 1. The van der Waals surface area contributed by atoms with E-state index in [4.69, 9.17) is 4.98 Å². The second kappa shape index (κ2) is 6.76. The van der Waals surface area contributed by atoms with Gasteiger partial charge in [0, 0.05) is 37.1 Å². The van der Waals surface area contributed by atoms with Crippen molar-refractivity contribution in [2.24, 2.45) is 7.05 Å². The molecule has 0 aliphatic carbocycles. The van der Waals surface area contributed by atoms with E-state index in [0.717, 1.165) is 59.5 Å². The molecule has 0 N–H and O–H groups in total. The Morgan fingerprint density at radius 2 is 1.89 bits per heavy atom. The molecule has 2 aromatic heterocycles. The second-order valence-electron chi connectivity index (χ2n) is 7.58. The van der Waals surface area contributed by atoms with Gasteiger partial charge in [0.1, 0.15) is 12.2 Å². The van der Waals surface area contributed by atoms with Crippen molar-refractivity contribution >= 4 is 16.8 Å². The molecule has 0 atom stereocenters. The molecule has 0 bridgehead atoms. The van der Waals surface area contributed by atoms with Gasteiger partial charge in [0.25, 0.3) is 5.91 Å². The van der Waals surface area contributed by atoms with Gasteiger partial charge in [-0.05, 0) is 50.8 Å². The normalized spacial score (nSPS) is 15.5. The summed E-state index contributed by atoms with van der Waals surface area (Å²) in [6.07, 6.45) is 3.57. The van der Waals surface area contributed by atoms with E-state index in [1.54, 1.807) is 6.33 Å². The van der Waals surface area contributed by atoms with E-state index < -0.39 is 0 Å². The predicted molar refractivity (Wildman–Crippen MR) is 105 cm³/mol. The molecule has 1 aliphatic heterocycles. The van der Waals surface area contributed by atoms with Crippen LogP contribution in [0.5, 0.6) is 0 Å². The summed E-state index contributed by atoms with van der Waals surface area (Å²) in [4.78, 5) is 19.9. The highest BCUT2D eigenvalue weighted by molar-refractivity contribution is 6.07. The summed E-state index contributed by atoms with van der Waals surface area (Å²) in [5.74, 6) is 1.48. The van der Waals surface area contributed by atoms with Gasteiger partial charge >= 0.3 is 0 Å². The fourth-order valence-corrected chi connectivity index (χ4v) is 4.01. The third-order valence-corrected chi connectivity index (χ3v) is 5.76. The second-order valence-corrected chi connectivity index (χ2v) is 7.58. The van der Waals surface area contributed by atoms with Crippen molar-refractivity contribution in [1.82, 2.24) is 24.6 Å². The monoisotopic (exact) mass is 363 g/mol. The Labute approximate surface area is 159 Å². The summed E-state index contributed by atoms with van der Waals surface area (Å²) < 4.78 is 1.98. The van der Waals surface area contributed by atoms with Gasteiger partial charge in [0.05, 0.1) is 11.1 Å². The minimum absolute atomic E-state index is 0.102. The molecule has 0 spiro atoms. The minimum Gasteiger partial charge on any atom is -0.339 e. The maximum atomic E-state index is 13.3. The summed E-state index contributed by atoms with van der Waals surface area (Å²) >= 11 is 0. The lowest BCUT2D eigenvalue weighted by Crippen LogP contribution is -2.38. The number of benzene rings is 1. The molecule has 4 rings (SSSR count). The zero-order valence-corrected chi connectivity index (χ0v) is 16.4. The number of likely N-dealkylation sites (tertiary alicyclic amines) is 1. The van der Waals surface area contributed by atoms with E-state index in [0.29, 0.717) is 5.92 Å². The number of aryl methyl sites for hydroxylation is 4. The third kappa shape index (κ3) is 3.09. The van der Waals surface area contributed by atoms with Crippen LogP contribution in [-0.2, 0) is 7.05 Å². The summed E-state index contributed by atoms with van der Waals surface area (Å²) in [5, 5.41) is 9.17. The zero-order valence-electron chi connectivity index (χ0n) is 16.4. The van der Waals surface area contributed by atoms with Gasteiger partial charge in [-0.2, -0.15) is 0 Å². The van der Waals surface area contributed by atoms with Crippen molar-refractivity contribution in [3.05, 3.63) is 52.7 Å². The summed E-state index contributed by atoms with van der Waals surface area (Å²) in [5.41, 5.74) is 4.92. The van der Waals surface area contributed by atoms with Gasteiger partial charge < -0.3 is 9.47 Å². The molecule has 1 aromatic carbocycles. The molecular weight excluding hydrogens is 338 g/mol. The number of carbonyl (C=O) groups excluding carboxylic acids is 1. The number of fused-ring (bicyclic) bond motifs is 1. The molecule has 0 unspecified atom stereocenters. The first kappa shape index (κ1) is 17.6. The van der Waals surface area contributed by atoms with Gasteiger partial charge in [-0.1, -0.05) is 12.1 Å². The lowest BCUT2D eigenvalue weighted by Gasteiger charge is -2.31. The quantitative estimate of drug-likeness (QED) is 0.701. The largest absolute Gasteiger partial charge is 0.339 e. The number of piperidine rings is 1. The Balaban J connectivity index is 1.61. The zero-order chi connectivity index (χ0) is 19.1. The molecule has 1 saturated heterocycles. The van der Waals surface area contributed by atoms with Crippen molar-refractivity contribution in [1.29, 1.82) is 0 Å². The molecular formula is C21H25N5O. The molecule has 0 radical (unpaired) electrons. The molecule has 1 aliphatic rings. The summed E-state index contributed by atoms with van der Waals surface area (Å²) in [6.45, 7) is 7.59. The van der Waals surface area contributed by atoms with Gasteiger partial charge in [-0.3, -0.25) is 9.78 Å². The highest BCUT2D eigenvalue weighted by Crippen LogP contribution is 2.29. The van der Waals surface area contributed by atoms with Crippen molar-refractivity contribution in [2.45, 2.75) is 39.5 Å². The van der Waals surface area contributed by atoms with Crippen LogP contribution in [-0.4, -0.2) is 43.6 Å². The molecule has 6 nitrogen and oxygen atoms in total. The van der Waals surface area contributed by atoms with Crippen molar-refractivity contribution in [3.63, 3.8) is 0 Å². The Kier molecular flexibility index (Phi) is 4.42. The molecule has 1 fully saturated rings. The Morgan fingerprint density at radius 3 is 2.56 bits per heavy atom. The standard InChI is InChI=1S/C21H25N5O/c1-13-5-6-17-18(11-14(2)23-19(17)15(13)3)21(27)26-9-7-16(8-10-26)20-24-22-12-25(20)4/h5-6,11-12,16H,7-10H2,1-4H3. The van der Waals surface area contributed by atoms with Crippen molar-refractivity contribution < 1.29 is 4.79 Å². The number of rotatable bonds is 2. The smallest absolute Gasteiger partial charge is 0.254 e. The number of nitrogens with zero attached hydrogens (tertiary/aromatic N) is 5. The van der Waals surface area contributed by atoms with Crippen LogP contribution in [0.15, 0.2) is 24.5 Å². The van der Waals surface area contributed by atoms with Crippen LogP contribution in [0, 0.1) is 20.8 Å². The maximum absolute atomic E-state index is 13.3. The van der Waals surface area contributed by atoms with Gasteiger partial charge in [0.15, 0.2) is 0 Å².